The summed E-state index contributed by atoms with van der Waals surface area (Å²) in [5.41, 5.74) is 0. The van der Waals surface area contributed by atoms with Crippen LogP contribution in [0, 0.1) is 10.1 Å². The molecule has 0 radical (unpaired) electrons. The smallest absolute Gasteiger partial charge is 0.394 e. The SMILES string of the molecule is O=[N+]([O-])CCOP(=O)(O)OC[C@H](O)CO. The van der Waals surface area contributed by atoms with Crippen LogP contribution in [0.2, 0.25) is 0 Å². The second kappa shape index (κ2) is 6.83. The van der Waals surface area contributed by atoms with Crippen LogP contribution in [0.5, 0.6) is 0 Å². The third-order valence-corrected chi connectivity index (χ3v) is 2.15. The first-order chi connectivity index (χ1) is 6.87. The maximum atomic E-state index is 10.9. The topological polar surface area (TPSA) is 139 Å². The Morgan fingerprint density at radius 1 is 1.47 bits per heavy atom. The van der Waals surface area contributed by atoms with Gasteiger partial charge in [-0.15, -0.1) is 0 Å². The van der Waals surface area contributed by atoms with Crippen molar-refractivity contribution in [2.24, 2.45) is 0 Å². The van der Waals surface area contributed by atoms with Gasteiger partial charge in [0, 0.05) is 4.92 Å². The zero-order valence-corrected chi connectivity index (χ0v) is 8.58. The van der Waals surface area contributed by atoms with E-state index in [0.29, 0.717) is 0 Å². The van der Waals surface area contributed by atoms with Crippen molar-refractivity contribution in [2.45, 2.75) is 6.10 Å². The highest BCUT2D eigenvalue weighted by atomic mass is 31.2. The fraction of sp³-hybridized carbons (Fsp3) is 1.00. The van der Waals surface area contributed by atoms with Gasteiger partial charge in [0.1, 0.15) is 12.7 Å². The van der Waals surface area contributed by atoms with Gasteiger partial charge in [-0.25, -0.2) is 4.57 Å². The standard InChI is InChI=1S/C5H12NO8P/c7-3-5(8)4-14-15(11,12)13-2-1-6(9)10/h5,7-8H,1-4H2,(H,11,12)/t5-/m1/s1. The Hall–Kier alpha value is -0.570. The molecule has 0 aromatic heterocycles. The molecule has 0 bridgehead atoms. The van der Waals surface area contributed by atoms with Crippen molar-refractivity contribution in [1.29, 1.82) is 0 Å². The van der Waals surface area contributed by atoms with E-state index in [-0.39, 0.29) is 0 Å². The van der Waals surface area contributed by atoms with Crippen LogP contribution in [-0.2, 0) is 13.6 Å². The van der Waals surface area contributed by atoms with Crippen LogP contribution in [0.1, 0.15) is 0 Å². The summed E-state index contributed by atoms with van der Waals surface area (Å²) in [5, 5.41) is 27.0. The Morgan fingerprint density at radius 3 is 2.53 bits per heavy atom. The molecule has 0 aliphatic rings. The number of aliphatic hydroxyl groups is 2. The van der Waals surface area contributed by atoms with Crippen LogP contribution in [0.15, 0.2) is 0 Å². The first-order valence-corrected chi connectivity index (χ1v) is 5.39. The summed E-state index contributed by atoms with van der Waals surface area (Å²) in [6.45, 7) is -2.43. The zero-order chi connectivity index (χ0) is 11.9. The Bertz CT molecular complexity index is 245. The van der Waals surface area contributed by atoms with Gasteiger partial charge in [-0.05, 0) is 0 Å². The van der Waals surface area contributed by atoms with E-state index in [1.807, 2.05) is 0 Å². The van der Waals surface area contributed by atoms with Crippen molar-refractivity contribution in [3.05, 3.63) is 10.1 Å². The lowest BCUT2D eigenvalue weighted by Gasteiger charge is -2.12. The summed E-state index contributed by atoms with van der Waals surface area (Å²) >= 11 is 0. The highest BCUT2D eigenvalue weighted by molar-refractivity contribution is 7.47. The number of phosphoric ester groups is 1. The molecule has 0 heterocycles. The molecule has 0 spiro atoms. The lowest BCUT2D eigenvalue weighted by atomic mass is 10.4. The quantitative estimate of drug-likeness (QED) is 0.274. The number of rotatable bonds is 8. The molecule has 0 fully saturated rings. The van der Waals surface area contributed by atoms with Crippen LogP contribution in [0.3, 0.4) is 0 Å². The maximum absolute atomic E-state index is 10.9. The molecule has 9 nitrogen and oxygen atoms in total. The van der Waals surface area contributed by atoms with Crippen LogP contribution in [0.4, 0.5) is 0 Å². The fourth-order valence-electron chi connectivity index (χ4n) is 0.501. The summed E-state index contributed by atoms with van der Waals surface area (Å²) in [4.78, 5) is 18.0. The van der Waals surface area contributed by atoms with Crippen molar-refractivity contribution >= 4 is 7.82 Å². The maximum Gasteiger partial charge on any atom is 0.472 e. The number of hydrogen-bond acceptors (Lipinski definition) is 7. The Balaban J connectivity index is 3.76. The largest absolute Gasteiger partial charge is 0.472 e. The molecular weight excluding hydrogens is 233 g/mol. The molecule has 0 saturated heterocycles. The van der Waals surface area contributed by atoms with Gasteiger partial charge in [-0.2, -0.15) is 0 Å². The first kappa shape index (κ1) is 14.4. The van der Waals surface area contributed by atoms with Crippen LogP contribution in [0.25, 0.3) is 0 Å². The number of aliphatic hydroxyl groups excluding tert-OH is 2. The summed E-state index contributed by atoms with van der Waals surface area (Å²) in [5.74, 6) is 0. The third-order valence-electron chi connectivity index (χ3n) is 1.17. The summed E-state index contributed by atoms with van der Waals surface area (Å²) in [6, 6.07) is 0. The normalized spacial score (nSPS) is 17.0. The molecule has 0 rings (SSSR count). The minimum Gasteiger partial charge on any atom is -0.394 e. The second-order valence-electron chi connectivity index (χ2n) is 2.49. The number of hydrogen-bond donors (Lipinski definition) is 3. The van der Waals surface area contributed by atoms with Gasteiger partial charge < -0.3 is 15.1 Å². The zero-order valence-electron chi connectivity index (χ0n) is 7.68. The van der Waals surface area contributed by atoms with Gasteiger partial charge in [0.15, 0.2) is 0 Å². The highest BCUT2D eigenvalue weighted by Gasteiger charge is 2.23. The van der Waals surface area contributed by atoms with E-state index in [1.54, 1.807) is 0 Å². The van der Waals surface area contributed by atoms with E-state index >= 15 is 0 Å². The number of nitro groups is 1. The predicted octanol–water partition coefficient (Wildman–Crippen LogP) is -1.25. The van der Waals surface area contributed by atoms with Crippen molar-refractivity contribution < 1.29 is 33.6 Å². The van der Waals surface area contributed by atoms with Crippen LogP contribution in [-0.4, -0.2) is 52.5 Å². The van der Waals surface area contributed by atoms with E-state index in [0.717, 1.165) is 0 Å². The third kappa shape index (κ3) is 8.43. The summed E-state index contributed by atoms with van der Waals surface area (Å²) in [7, 11) is -4.39. The molecule has 0 aromatic carbocycles. The van der Waals surface area contributed by atoms with E-state index in [2.05, 4.69) is 9.05 Å². The molecule has 0 aliphatic heterocycles. The Labute approximate surface area is 85.0 Å². The molecule has 0 aromatic rings. The van der Waals surface area contributed by atoms with Crippen LogP contribution >= 0.6 is 7.82 Å². The molecule has 10 heteroatoms. The molecule has 90 valence electrons. The van der Waals surface area contributed by atoms with Crippen molar-refractivity contribution in [3.63, 3.8) is 0 Å². The van der Waals surface area contributed by atoms with Crippen LogP contribution < -0.4 is 0 Å². The highest BCUT2D eigenvalue weighted by Crippen LogP contribution is 2.42. The molecule has 1 unspecified atom stereocenters. The molecule has 15 heavy (non-hydrogen) atoms. The van der Waals surface area contributed by atoms with Gasteiger partial charge in [-0.3, -0.25) is 19.2 Å². The van der Waals surface area contributed by atoms with E-state index < -0.39 is 45.2 Å². The van der Waals surface area contributed by atoms with Gasteiger partial charge >= 0.3 is 7.82 Å². The monoisotopic (exact) mass is 245 g/mol. The fourth-order valence-corrected chi connectivity index (χ4v) is 1.25. The number of phosphoric acid groups is 1. The van der Waals surface area contributed by atoms with E-state index in [1.165, 1.54) is 0 Å². The minimum absolute atomic E-state index is 0.573. The summed E-state index contributed by atoms with van der Waals surface area (Å²) < 4.78 is 19.3. The van der Waals surface area contributed by atoms with Gasteiger partial charge in [0.2, 0.25) is 6.54 Å². The lowest BCUT2D eigenvalue weighted by molar-refractivity contribution is -0.481. The van der Waals surface area contributed by atoms with E-state index in [4.69, 9.17) is 15.1 Å². The molecule has 0 amide bonds. The van der Waals surface area contributed by atoms with E-state index in [9.17, 15) is 14.7 Å². The molecular formula is C5H12NO8P. The van der Waals surface area contributed by atoms with Gasteiger partial charge in [-0.1, -0.05) is 0 Å². The van der Waals surface area contributed by atoms with Gasteiger partial charge in [0.25, 0.3) is 0 Å². The van der Waals surface area contributed by atoms with Crippen molar-refractivity contribution in [2.75, 3.05) is 26.4 Å². The molecule has 3 N–H and O–H groups in total. The molecule has 2 atom stereocenters. The average molecular weight is 245 g/mol. The number of nitrogens with zero attached hydrogens (tertiary/aromatic N) is 1. The van der Waals surface area contributed by atoms with Crippen molar-refractivity contribution in [3.8, 4) is 0 Å². The average Bonchev–Trinajstić information content (AvgIpc) is 2.13. The Kier molecular flexibility index (Phi) is 6.57. The first-order valence-electron chi connectivity index (χ1n) is 3.90. The van der Waals surface area contributed by atoms with Crippen molar-refractivity contribution in [1.82, 2.24) is 0 Å². The lowest BCUT2D eigenvalue weighted by Crippen LogP contribution is -2.19. The molecule has 0 saturated carbocycles. The summed E-state index contributed by atoms with van der Waals surface area (Å²) in [6.07, 6.45) is -1.30. The Morgan fingerprint density at radius 2 is 2.07 bits per heavy atom. The second-order valence-corrected chi connectivity index (χ2v) is 3.94. The predicted molar refractivity (Wildman–Crippen MR) is 46.7 cm³/mol. The van der Waals surface area contributed by atoms with Gasteiger partial charge in [0.05, 0.1) is 13.2 Å². The minimum atomic E-state index is -4.39. The molecule has 0 aliphatic carbocycles.